The highest BCUT2D eigenvalue weighted by atomic mass is 16.5. The molecule has 1 saturated heterocycles. The van der Waals surface area contributed by atoms with Gasteiger partial charge in [-0.05, 0) is 64.7 Å². The maximum atomic E-state index is 12.7. The number of nitrogens with one attached hydrogen (secondary N) is 1. The predicted molar refractivity (Wildman–Crippen MR) is 153 cm³/mol. The molecule has 1 aliphatic heterocycles. The Labute approximate surface area is 228 Å². The summed E-state index contributed by atoms with van der Waals surface area (Å²) in [5.74, 6) is -0.338. The Kier molecular flexibility index (Phi) is 15.1. The second kappa shape index (κ2) is 18.7. The summed E-state index contributed by atoms with van der Waals surface area (Å²) in [5, 5.41) is 14.7. The third-order valence-electron chi connectivity index (χ3n) is 6.28. The zero-order chi connectivity index (χ0) is 27.4. The van der Waals surface area contributed by atoms with E-state index in [2.05, 4.69) is 78.0 Å². The summed E-state index contributed by atoms with van der Waals surface area (Å²) in [4.78, 5) is 31.0. The second-order valence-corrected chi connectivity index (χ2v) is 9.43. The number of rotatable bonds is 16. The Morgan fingerprint density at radius 2 is 1.63 bits per heavy atom. The highest BCUT2D eigenvalue weighted by molar-refractivity contribution is 5.90. The van der Waals surface area contributed by atoms with Gasteiger partial charge in [0.15, 0.2) is 0 Å². The van der Waals surface area contributed by atoms with Gasteiger partial charge in [-0.1, -0.05) is 67.7 Å². The summed E-state index contributed by atoms with van der Waals surface area (Å²) >= 11 is 0. The highest BCUT2D eigenvalue weighted by Gasteiger charge is 2.29. The zero-order valence-electron chi connectivity index (χ0n) is 23.1. The van der Waals surface area contributed by atoms with Gasteiger partial charge in [0.05, 0.1) is 0 Å². The summed E-state index contributed by atoms with van der Waals surface area (Å²) < 4.78 is 0.532. The quantitative estimate of drug-likeness (QED) is 0.132. The summed E-state index contributed by atoms with van der Waals surface area (Å²) in [6.07, 6.45) is 33.2. The minimum Gasteiger partial charge on any atom is -0.618 e. The van der Waals surface area contributed by atoms with Crippen LogP contribution in [0.1, 0.15) is 87.3 Å². The molecule has 0 unspecified atom stereocenters. The van der Waals surface area contributed by atoms with Crippen molar-refractivity contribution >= 4 is 11.8 Å². The molecular weight excluding hydrogens is 476 g/mol. The van der Waals surface area contributed by atoms with Gasteiger partial charge >= 0.3 is 5.91 Å². The van der Waals surface area contributed by atoms with Crippen molar-refractivity contribution < 1.29 is 14.3 Å². The van der Waals surface area contributed by atoms with Crippen molar-refractivity contribution in [1.29, 1.82) is 0 Å². The monoisotopic (exact) mass is 520 g/mol. The Morgan fingerprint density at radius 1 is 1.03 bits per heavy atom. The summed E-state index contributed by atoms with van der Waals surface area (Å²) in [7, 11) is 0. The molecule has 1 fully saturated rings. The number of hydrogen-bond donors (Lipinski definition) is 1. The van der Waals surface area contributed by atoms with E-state index in [0.717, 1.165) is 57.8 Å². The van der Waals surface area contributed by atoms with Crippen LogP contribution in [0.3, 0.4) is 0 Å². The molecule has 0 aliphatic carbocycles. The normalized spacial score (nSPS) is 16.3. The fourth-order valence-electron chi connectivity index (χ4n) is 4.21. The van der Waals surface area contributed by atoms with E-state index < -0.39 is 5.91 Å². The van der Waals surface area contributed by atoms with Gasteiger partial charge in [-0.15, -0.1) is 0 Å². The van der Waals surface area contributed by atoms with Crippen molar-refractivity contribution in [3.63, 3.8) is 0 Å². The Hall–Kier alpha value is -3.48. The number of aryl methyl sites for hydroxylation is 1. The average molecular weight is 521 g/mol. The van der Waals surface area contributed by atoms with Crippen LogP contribution in [0.2, 0.25) is 0 Å². The first kappa shape index (κ1) is 30.7. The third-order valence-corrected chi connectivity index (χ3v) is 6.28. The molecule has 2 amide bonds. The number of likely N-dealkylation sites (tertiary alicyclic amines) is 1. The number of aromatic nitrogens is 2. The lowest BCUT2D eigenvalue weighted by Gasteiger charge is -2.25. The number of amides is 2. The molecule has 1 aliphatic rings. The molecule has 206 valence electrons. The minimum absolute atomic E-state index is 0.0290. The Bertz CT molecular complexity index is 1010. The molecule has 1 N–H and O–H groups in total. The summed E-state index contributed by atoms with van der Waals surface area (Å²) in [6, 6.07) is -0.0290. The van der Waals surface area contributed by atoms with Crippen molar-refractivity contribution in [3.05, 3.63) is 89.7 Å². The molecule has 0 aromatic carbocycles. The van der Waals surface area contributed by atoms with Crippen LogP contribution < -0.4 is 10.0 Å². The van der Waals surface area contributed by atoms with Gasteiger partial charge in [-0.2, -0.15) is 4.73 Å². The van der Waals surface area contributed by atoms with Crippen LogP contribution in [-0.2, 0) is 4.79 Å². The Morgan fingerprint density at radius 3 is 2.24 bits per heavy atom. The van der Waals surface area contributed by atoms with Crippen LogP contribution in [0.4, 0.5) is 0 Å². The maximum absolute atomic E-state index is 12.7. The van der Waals surface area contributed by atoms with Crippen LogP contribution in [-0.4, -0.2) is 40.8 Å². The van der Waals surface area contributed by atoms with Crippen molar-refractivity contribution in [2.45, 2.75) is 84.1 Å². The molecule has 7 nitrogen and oxygen atoms in total. The van der Waals surface area contributed by atoms with Crippen LogP contribution >= 0.6 is 0 Å². The number of hydrogen-bond acceptors (Lipinski definition) is 4. The van der Waals surface area contributed by atoms with E-state index in [9.17, 15) is 14.8 Å². The lowest BCUT2D eigenvalue weighted by molar-refractivity contribution is -0.608. The van der Waals surface area contributed by atoms with Crippen molar-refractivity contribution in [2.75, 3.05) is 13.1 Å². The fraction of sp³-hybridized carbons (Fsp3) is 0.484. The van der Waals surface area contributed by atoms with Crippen molar-refractivity contribution in [3.8, 4) is 0 Å². The molecule has 0 radical (unpaired) electrons. The standard InChI is InChI=1S/C31H44N4O3/c1-3-4-5-6-7-8-9-10-11-12-13-14-15-16-17-18-19-22-30(36)34-23-20-21-28(34)24-33-31(37)29-25-32-27(2)26-35(29)38/h4-5,7-8,10-11,13-14,16-17,25-26,28H,3,6,9,12,15,18-24H2,1-2H3,(H,33,37)/b5-4-,8-7-,11-10-,14-13-,17-16-/t28-/m1/s1. The summed E-state index contributed by atoms with van der Waals surface area (Å²) in [6.45, 7) is 4.90. The zero-order valence-corrected chi connectivity index (χ0v) is 23.1. The number of carbonyl (C=O) groups is 2. The third kappa shape index (κ3) is 12.2. The molecule has 7 heteroatoms. The van der Waals surface area contributed by atoms with Crippen molar-refractivity contribution in [2.24, 2.45) is 0 Å². The van der Waals surface area contributed by atoms with Gasteiger partial charge in [0.25, 0.3) is 5.69 Å². The molecule has 0 spiro atoms. The van der Waals surface area contributed by atoms with Crippen LogP contribution in [0.15, 0.2) is 73.2 Å². The second-order valence-electron chi connectivity index (χ2n) is 9.43. The number of carbonyl (C=O) groups excluding carboxylic acids is 2. The van der Waals surface area contributed by atoms with E-state index in [4.69, 9.17) is 0 Å². The van der Waals surface area contributed by atoms with Gasteiger partial charge in [0.2, 0.25) is 12.1 Å². The van der Waals surface area contributed by atoms with Gasteiger partial charge in [0, 0.05) is 25.6 Å². The first-order valence-electron chi connectivity index (χ1n) is 13.9. The minimum atomic E-state index is -0.467. The van der Waals surface area contributed by atoms with Crippen LogP contribution in [0, 0.1) is 12.1 Å². The molecular formula is C31H44N4O3. The largest absolute Gasteiger partial charge is 0.618 e. The lowest BCUT2D eigenvalue weighted by Crippen LogP contribution is -2.46. The molecule has 38 heavy (non-hydrogen) atoms. The van der Waals surface area contributed by atoms with E-state index in [0.29, 0.717) is 29.9 Å². The Balaban J connectivity index is 1.57. The van der Waals surface area contributed by atoms with E-state index in [1.54, 1.807) is 6.92 Å². The van der Waals surface area contributed by atoms with Gasteiger partial charge in [-0.25, -0.2) is 4.98 Å². The molecule has 2 heterocycles. The average Bonchev–Trinajstić information content (AvgIpc) is 3.38. The molecule has 0 saturated carbocycles. The van der Waals surface area contributed by atoms with E-state index in [1.807, 2.05) is 4.90 Å². The SMILES string of the molecule is CC/C=C\C/C=C\C/C=C\C/C=C\C/C=C\CCCC(=O)N1CCC[C@@H]1CNC(=O)c1cnc(C)c[n+]1[O-]. The van der Waals surface area contributed by atoms with Crippen LogP contribution in [0.5, 0.6) is 0 Å². The number of allylic oxidation sites excluding steroid dienone is 10. The number of nitrogens with zero attached hydrogens (tertiary/aromatic N) is 3. The first-order chi connectivity index (χ1) is 18.5. The molecule has 1 aromatic heterocycles. The van der Waals surface area contributed by atoms with Gasteiger partial charge in [-0.3, -0.25) is 9.59 Å². The summed E-state index contributed by atoms with van der Waals surface area (Å²) in [5.41, 5.74) is 0.511. The smallest absolute Gasteiger partial charge is 0.319 e. The maximum Gasteiger partial charge on any atom is 0.319 e. The van der Waals surface area contributed by atoms with E-state index in [1.165, 1.54) is 12.4 Å². The topological polar surface area (TPSA) is 89.2 Å². The van der Waals surface area contributed by atoms with Crippen molar-refractivity contribution in [1.82, 2.24) is 15.2 Å². The highest BCUT2D eigenvalue weighted by Crippen LogP contribution is 2.18. The van der Waals surface area contributed by atoms with E-state index >= 15 is 0 Å². The van der Waals surface area contributed by atoms with Gasteiger partial charge in [0.1, 0.15) is 11.9 Å². The molecule has 1 atom stereocenters. The number of unbranched alkanes of at least 4 members (excludes halogenated alkanes) is 1. The van der Waals surface area contributed by atoms with E-state index in [-0.39, 0.29) is 17.6 Å². The van der Waals surface area contributed by atoms with Gasteiger partial charge < -0.3 is 15.4 Å². The molecule has 1 aromatic rings. The first-order valence-corrected chi connectivity index (χ1v) is 13.9. The van der Waals surface area contributed by atoms with Crippen LogP contribution in [0.25, 0.3) is 0 Å². The molecule has 2 rings (SSSR count). The fourth-order valence-corrected chi connectivity index (χ4v) is 4.21. The molecule has 0 bridgehead atoms. The predicted octanol–water partition coefficient (Wildman–Crippen LogP) is 5.67. The lowest BCUT2D eigenvalue weighted by atomic mass is 10.1.